The van der Waals surface area contributed by atoms with E-state index in [1.54, 1.807) is 0 Å². The van der Waals surface area contributed by atoms with E-state index < -0.39 is 36.8 Å². The molecular weight excluding hydrogens is 336 g/mol. The molecule has 1 fully saturated rings. The largest absolute Gasteiger partial charge is 0.394 e. The second-order valence-corrected chi connectivity index (χ2v) is 6.56. The fourth-order valence-corrected chi connectivity index (χ4v) is 3.32. The number of benzene rings is 2. The summed E-state index contributed by atoms with van der Waals surface area (Å²) in [5.41, 5.74) is -0.185. The molecular formula is C20H24O6. The van der Waals surface area contributed by atoms with E-state index in [1.807, 2.05) is 60.7 Å². The lowest BCUT2D eigenvalue weighted by Gasteiger charge is -2.48. The lowest BCUT2D eigenvalue weighted by atomic mass is 9.79. The molecule has 6 heteroatoms. The maximum atomic E-state index is 11.3. The van der Waals surface area contributed by atoms with Crippen LogP contribution < -0.4 is 0 Å². The lowest BCUT2D eigenvalue weighted by Crippen LogP contribution is -2.68. The number of hydrogen-bond acceptors (Lipinski definition) is 6. The van der Waals surface area contributed by atoms with Gasteiger partial charge in [-0.2, -0.15) is 0 Å². The Bertz CT molecular complexity index is 679. The van der Waals surface area contributed by atoms with Gasteiger partial charge in [-0.15, -0.1) is 0 Å². The minimum absolute atomic E-state index is 0.0470. The van der Waals surface area contributed by atoms with Gasteiger partial charge >= 0.3 is 0 Å². The third-order valence-corrected chi connectivity index (χ3v) is 4.71. The van der Waals surface area contributed by atoms with Gasteiger partial charge in [0.1, 0.15) is 23.9 Å². The SMILES string of the molecule is OC[C@H]1O[C@H](O)[C@H](OCc2ccccc2)[C@](O)(Cc2ccccc2)[C@@H]1O. The highest BCUT2D eigenvalue weighted by Crippen LogP contribution is 2.34. The smallest absolute Gasteiger partial charge is 0.184 e. The van der Waals surface area contributed by atoms with Crippen molar-refractivity contribution in [1.29, 1.82) is 0 Å². The van der Waals surface area contributed by atoms with E-state index in [4.69, 9.17) is 9.47 Å². The molecule has 4 N–H and O–H groups in total. The molecule has 0 aliphatic carbocycles. The molecule has 1 aliphatic heterocycles. The van der Waals surface area contributed by atoms with E-state index >= 15 is 0 Å². The summed E-state index contributed by atoms with van der Waals surface area (Å²) in [7, 11) is 0. The summed E-state index contributed by atoms with van der Waals surface area (Å²) < 4.78 is 11.0. The lowest BCUT2D eigenvalue weighted by molar-refractivity contribution is -0.332. The van der Waals surface area contributed by atoms with E-state index in [-0.39, 0.29) is 13.0 Å². The molecule has 1 heterocycles. The molecule has 0 bridgehead atoms. The topological polar surface area (TPSA) is 99.4 Å². The third kappa shape index (κ3) is 3.96. The zero-order valence-corrected chi connectivity index (χ0v) is 14.3. The number of hydrogen-bond donors (Lipinski definition) is 4. The van der Waals surface area contributed by atoms with Crippen LogP contribution >= 0.6 is 0 Å². The minimum atomic E-state index is -1.82. The Morgan fingerprint density at radius 3 is 2.08 bits per heavy atom. The van der Waals surface area contributed by atoms with Crippen LogP contribution in [-0.2, 0) is 22.5 Å². The minimum Gasteiger partial charge on any atom is -0.394 e. The van der Waals surface area contributed by atoms with Gasteiger partial charge in [0.15, 0.2) is 6.29 Å². The van der Waals surface area contributed by atoms with Crippen molar-refractivity contribution in [3.05, 3.63) is 71.8 Å². The highest BCUT2D eigenvalue weighted by Gasteiger charge is 2.55. The van der Waals surface area contributed by atoms with Crippen LogP contribution in [0.5, 0.6) is 0 Å². The average Bonchev–Trinajstić information content (AvgIpc) is 2.66. The van der Waals surface area contributed by atoms with Gasteiger partial charge in [0.05, 0.1) is 13.2 Å². The van der Waals surface area contributed by atoms with Crippen LogP contribution in [-0.4, -0.2) is 57.2 Å². The molecule has 1 saturated heterocycles. The van der Waals surface area contributed by atoms with Crippen molar-refractivity contribution < 1.29 is 29.9 Å². The van der Waals surface area contributed by atoms with Crippen molar-refractivity contribution in [2.75, 3.05) is 6.61 Å². The van der Waals surface area contributed by atoms with Gasteiger partial charge in [0, 0.05) is 6.42 Å². The molecule has 3 rings (SSSR count). The van der Waals surface area contributed by atoms with E-state index in [9.17, 15) is 20.4 Å². The van der Waals surface area contributed by atoms with Crippen molar-refractivity contribution >= 4 is 0 Å². The molecule has 140 valence electrons. The van der Waals surface area contributed by atoms with Gasteiger partial charge in [-0.05, 0) is 11.1 Å². The normalized spacial score (nSPS) is 31.7. The van der Waals surface area contributed by atoms with Crippen LogP contribution in [0.25, 0.3) is 0 Å². The Kier molecular flexibility index (Phi) is 6.03. The van der Waals surface area contributed by atoms with Crippen molar-refractivity contribution in [2.45, 2.75) is 43.2 Å². The zero-order valence-electron chi connectivity index (χ0n) is 14.3. The molecule has 0 amide bonds. The van der Waals surface area contributed by atoms with Crippen LogP contribution in [0.4, 0.5) is 0 Å². The van der Waals surface area contributed by atoms with E-state index in [0.717, 1.165) is 11.1 Å². The Balaban J connectivity index is 1.84. The molecule has 0 spiro atoms. The van der Waals surface area contributed by atoms with E-state index in [0.29, 0.717) is 0 Å². The molecule has 0 radical (unpaired) electrons. The van der Waals surface area contributed by atoms with E-state index in [2.05, 4.69) is 0 Å². The van der Waals surface area contributed by atoms with Crippen LogP contribution in [0.3, 0.4) is 0 Å². The predicted molar refractivity (Wildman–Crippen MR) is 94.1 cm³/mol. The molecule has 1 aliphatic rings. The van der Waals surface area contributed by atoms with Crippen molar-refractivity contribution in [2.24, 2.45) is 0 Å². The summed E-state index contributed by atoms with van der Waals surface area (Å²) in [5, 5.41) is 41.7. The Hall–Kier alpha value is -1.80. The summed E-state index contributed by atoms with van der Waals surface area (Å²) in [5.74, 6) is 0. The zero-order chi connectivity index (χ0) is 18.6. The van der Waals surface area contributed by atoms with Crippen LogP contribution in [0.2, 0.25) is 0 Å². The number of aliphatic hydroxyl groups is 4. The van der Waals surface area contributed by atoms with Gasteiger partial charge in [0.25, 0.3) is 0 Å². The van der Waals surface area contributed by atoms with Gasteiger partial charge in [-0.25, -0.2) is 0 Å². The summed E-state index contributed by atoms with van der Waals surface area (Å²) in [4.78, 5) is 0. The maximum Gasteiger partial charge on any atom is 0.184 e. The van der Waals surface area contributed by atoms with Crippen molar-refractivity contribution in [3.8, 4) is 0 Å². The molecule has 0 unspecified atom stereocenters. The number of aliphatic hydroxyl groups excluding tert-OH is 3. The monoisotopic (exact) mass is 360 g/mol. The highest BCUT2D eigenvalue weighted by atomic mass is 16.7. The number of rotatable bonds is 6. The predicted octanol–water partition coefficient (Wildman–Crippen LogP) is 0.616. The Labute approximate surface area is 152 Å². The summed E-state index contributed by atoms with van der Waals surface area (Å²) in [6.07, 6.45) is -5.13. The summed E-state index contributed by atoms with van der Waals surface area (Å²) >= 11 is 0. The molecule has 0 aromatic heterocycles. The van der Waals surface area contributed by atoms with Crippen molar-refractivity contribution in [3.63, 3.8) is 0 Å². The number of ether oxygens (including phenoxy) is 2. The van der Waals surface area contributed by atoms with Gasteiger partial charge in [-0.1, -0.05) is 60.7 Å². The highest BCUT2D eigenvalue weighted by molar-refractivity contribution is 5.20. The molecule has 5 atom stereocenters. The Morgan fingerprint density at radius 1 is 0.923 bits per heavy atom. The van der Waals surface area contributed by atoms with Gasteiger partial charge in [0.2, 0.25) is 0 Å². The van der Waals surface area contributed by atoms with Crippen LogP contribution in [0.1, 0.15) is 11.1 Å². The summed E-state index contributed by atoms with van der Waals surface area (Å²) in [6.45, 7) is -0.389. The average molecular weight is 360 g/mol. The van der Waals surface area contributed by atoms with Crippen molar-refractivity contribution in [1.82, 2.24) is 0 Å². The van der Waals surface area contributed by atoms with Crippen LogP contribution in [0.15, 0.2) is 60.7 Å². The summed E-state index contributed by atoms with van der Waals surface area (Å²) in [6, 6.07) is 18.4. The fraction of sp³-hybridized carbons (Fsp3) is 0.400. The first-order valence-electron chi connectivity index (χ1n) is 8.59. The van der Waals surface area contributed by atoms with Crippen LogP contribution in [0, 0.1) is 0 Å². The molecule has 2 aromatic rings. The quantitative estimate of drug-likeness (QED) is 0.603. The molecule has 6 nitrogen and oxygen atoms in total. The second kappa shape index (κ2) is 8.26. The first-order chi connectivity index (χ1) is 12.5. The second-order valence-electron chi connectivity index (χ2n) is 6.56. The Morgan fingerprint density at radius 2 is 1.50 bits per heavy atom. The maximum absolute atomic E-state index is 11.3. The van der Waals surface area contributed by atoms with Gasteiger partial charge < -0.3 is 29.9 Å². The van der Waals surface area contributed by atoms with Gasteiger partial charge in [-0.3, -0.25) is 0 Å². The standard InChI is InChI=1S/C20H24O6/c21-12-16-17(22)20(24,11-14-7-3-1-4-8-14)18(19(23)26-16)25-13-15-9-5-2-6-10-15/h1-10,16-19,21-24H,11-13H2/t16-,17-,18+,19+,20+/m1/s1. The molecule has 0 saturated carbocycles. The molecule has 2 aromatic carbocycles. The first-order valence-corrected chi connectivity index (χ1v) is 8.59. The third-order valence-electron chi connectivity index (χ3n) is 4.71. The van der Waals surface area contributed by atoms with E-state index in [1.165, 1.54) is 0 Å². The fourth-order valence-electron chi connectivity index (χ4n) is 3.32. The molecule has 26 heavy (non-hydrogen) atoms. The first kappa shape index (κ1) is 19.0.